The minimum atomic E-state index is -0.761. The molecule has 0 fully saturated rings. The van der Waals surface area contributed by atoms with E-state index in [2.05, 4.69) is 10.3 Å². The second-order valence-corrected chi connectivity index (χ2v) is 10.4. The Bertz CT molecular complexity index is 1850. The normalized spacial score (nSPS) is 11.4. The van der Waals surface area contributed by atoms with Crippen LogP contribution in [0.3, 0.4) is 0 Å². The lowest BCUT2D eigenvalue weighted by atomic mass is 10.1. The molecule has 5 rings (SSSR count). The topological polar surface area (TPSA) is 182 Å². The number of anilines is 1. The van der Waals surface area contributed by atoms with Gasteiger partial charge in [-0.05, 0) is 104 Å². The van der Waals surface area contributed by atoms with Gasteiger partial charge in [0, 0.05) is 23.4 Å². The van der Waals surface area contributed by atoms with Crippen LogP contribution in [0.2, 0.25) is 0 Å². The third kappa shape index (κ3) is 7.36. The molecule has 4 aromatic carbocycles. The van der Waals surface area contributed by atoms with Crippen LogP contribution in [-0.4, -0.2) is 48.1 Å². The molecule has 0 aliphatic heterocycles. The summed E-state index contributed by atoms with van der Waals surface area (Å²) in [6.45, 7) is 0.334. The summed E-state index contributed by atoms with van der Waals surface area (Å²) in [7, 11) is 3.18. The largest absolute Gasteiger partial charge is 0.497 e. The fraction of sp³-hybridized carbons (Fsp3) is 0.176. The fourth-order valence-corrected chi connectivity index (χ4v) is 4.98. The Balaban J connectivity index is 1.49. The third-order valence-electron chi connectivity index (χ3n) is 7.28. The maximum atomic E-state index is 13.2. The van der Waals surface area contributed by atoms with E-state index in [1.54, 1.807) is 61.3 Å². The summed E-state index contributed by atoms with van der Waals surface area (Å²) in [5, 5.41) is 2.89. The quantitative estimate of drug-likeness (QED) is 0.0818. The molecule has 0 aliphatic rings. The molecule has 0 saturated carbocycles. The van der Waals surface area contributed by atoms with E-state index in [-0.39, 0.29) is 11.9 Å². The molecule has 236 valence electrons. The second-order valence-electron chi connectivity index (χ2n) is 10.4. The summed E-state index contributed by atoms with van der Waals surface area (Å²) in [5.41, 5.74) is 19.8. The minimum Gasteiger partial charge on any atom is -0.497 e. The Labute approximate surface area is 265 Å². The van der Waals surface area contributed by atoms with Crippen LogP contribution in [0.4, 0.5) is 5.69 Å². The molecule has 1 heterocycles. The number of aliphatic imine (C=N–C) groups is 1. The highest BCUT2D eigenvalue weighted by Gasteiger charge is 2.25. The van der Waals surface area contributed by atoms with Gasteiger partial charge in [0.05, 0.1) is 25.3 Å². The van der Waals surface area contributed by atoms with Crippen LogP contribution in [0.15, 0.2) is 96.0 Å². The van der Waals surface area contributed by atoms with Crippen molar-refractivity contribution in [3.8, 4) is 34.4 Å². The van der Waals surface area contributed by atoms with Gasteiger partial charge in [-0.1, -0.05) is 0 Å². The first-order valence-corrected chi connectivity index (χ1v) is 14.5. The number of guanidine groups is 1. The van der Waals surface area contributed by atoms with Gasteiger partial charge >= 0.3 is 0 Å². The predicted octanol–water partition coefficient (Wildman–Crippen LogP) is 4.85. The summed E-state index contributed by atoms with van der Waals surface area (Å²) in [5.74, 6) is 2.29. The van der Waals surface area contributed by atoms with Crippen molar-refractivity contribution < 1.29 is 23.8 Å². The Morgan fingerprint density at radius 2 is 1.41 bits per heavy atom. The minimum absolute atomic E-state index is 0.0261. The second kappa shape index (κ2) is 14.2. The van der Waals surface area contributed by atoms with Crippen LogP contribution in [0.1, 0.15) is 29.2 Å². The van der Waals surface area contributed by atoms with Crippen molar-refractivity contribution in [2.45, 2.75) is 18.9 Å². The van der Waals surface area contributed by atoms with E-state index in [0.717, 1.165) is 11.3 Å². The first-order valence-electron chi connectivity index (χ1n) is 14.5. The van der Waals surface area contributed by atoms with Crippen LogP contribution >= 0.6 is 0 Å². The number of nitrogens with zero attached hydrogens (tertiary/aromatic N) is 3. The molecule has 5 aromatic rings. The van der Waals surface area contributed by atoms with Crippen LogP contribution in [0.5, 0.6) is 23.0 Å². The van der Waals surface area contributed by atoms with Gasteiger partial charge in [-0.25, -0.2) is 4.98 Å². The molecule has 46 heavy (non-hydrogen) atoms. The van der Waals surface area contributed by atoms with Gasteiger partial charge in [0.1, 0.15) is 34.9 Å². The number of hydrogen-bond donors (Lipinski definition) is 4. The number of carbonyl (C=O) groups excluding carboxylic acids is 2. The molecule has 0 aliphatic carbocycles. The Kier molecular flexibility index (Phi) is 9.66. The van der Waals surface area contributed by atoms with E-state index >= 15 is 0 Å². The van der Waals surface area contributed by atoms with Gasteiger partial charge in [-0.15, -0.1) is 0 Å². The lowest BCUT2D eigenvalue weighted by molar-refractivity contribution is -0.121. The van der Waals surface area contributed by atoms with Crippen molar-refractivity contribution in [3.05, 3.63) is 96.6 Å². The number of nitrogens with one attached hydrogen (secondary N) is 1. The van der Waals surface area contributed by atoms with Crippen LogP contribution in [0, 0.1) is 0 Å². The van der Waals surface area contributed by atoms with Crippen molar-refractivity contribution in [2.24, 2.45) is 22.2 Å². The van der Waals surface area contributed by atoms with E-state index in [1.807, 2.05) is 48.5 Å². The summed E-state index contributed by atoms with van der Waals surface area (Å²) in [6, 6.07) is 26.0. The summed E-state index contributed by atoms with van der Waals surface area (Å²) < 4.78 is 18.2. The number of nitrogens with two attached hydrogens (primary N) is 3. The SMILES string of the molecule is COc1ccc(NC(=O)c2ccc3c(c2)nc(-c2ccc(Oc4ccc(OC)cc4)cc2)n3[C@H](CCCN=C(N)N)C(N)=O)cc1. The van der Waals surface area contributed by atoms with Crippen LogP contribution in [-0.2, 0) is 4.79 Å². The summed E-state index contributed by atoms with van der Waals surface area (Å²) in [6.07, 6.45) is 0.866. The maximum Gasteiger partial charge on any atom is 0.255 e. The van der Waals surface area contributed by atoms with Gasteiger partial charge in [0.15, 0.2) is 5.96 Å². The van der Waals surface area contributed by atoms with E-state index in [4.69, 9.17) is 36.4 Å². The summed E-state index contributed by atoms with van der Waals surface area (Å²) in [4.78, 5) is 34.9. The van der Waals surface area contributed by atoms with Gasteiger partial charge in [0.25, 0.3) is 5.91 Å². The number of carbonyl (C=O) groups is 2. The molecule has 0 unspecified atom stereocenters. The predicted molar refractivity (Wildman–Crippen MR) is 177 cm³/mol. The standard InChI is InChI=1S/C34H35N7O5/c1-44-24-12-8-23(9-13-24)39-33(43)22-7-18-29-28(20-22)40-32(41(29)30(31(35)42)4-3-19-38-34(36)37)21-5-10-26(11-6-21)46-27-16-14-25(45-2)15-17-27/h5-18,20,30H,3-4,19H2,1-2H3,(H2,35,42)(H,39,43)(H4,36,37,38)/t30-/m1/s1. The number of primary amides is 1. The number of benzene rings is 4. The number of rotatable bonds is 13. The summed E-state index contributed by atoms with van der Waals surface area (Å²) >= 11 is 0. The zero-order chi connectivity index (χ0) is 32.6. The number of imidazole rings is 1. The Morgan fingerprint density at radius 1 is 0.826 bits per heavy atom. The number of ether oxygens (including phenoxy) is 3. The highest BCUT2D eigenvalue weighted by Crippen LogP contribution is 2.33. The molecule has 12 nitrogen and oxygen atoms in total. The van der Waals surface area contributed by atoms with E-state index in [9.17, 15) is 9.59 Å². The van der Waals surface area contributed by atoms with Crippen molar-refractivity contribution in [3.63, 3.8) is 0 Å². The number of hydrogen-bond acceptors (Lipinski definition) is 7. The average Bonchev–Trinajstić information content (AvgIpc) is 3.44. The first-order chi connectivity index (χ1) is 22.2. The van der Waals surface area contributed by atoms with E-state index in [0.29, 0.717) is 64.7 Å². The zero-order valence-electron chi connectivity index (χ0n) is 25.5. The van der Waals surface area contributed by atoms with Crippen molar-refractivity contribution in [1.82, 2.24) is 9.55 Å². The third-order valence-corrected chi connectivity index (χ3v) is 7.28. The van der Waals surface area contributed by atoms with Crippen LogP contribution in [0.25, 0.3) is 22.4 Å². The smallest absolute Gasteiger partial charge is 0.255 e. The van der Waals surface area contributed by atoms with E-state index in [1.165, 1.54) is 0 Å². The Hall–Kier alpha value is -6.04. The number of methoxy groups -OCH3 is 2. The fourth-order valence-electron chi connectivity index (χ4n) is 4.98. The van der Waals surface area contributed by atoms with Gasteiger partial charge < -0.3 is 41.3 Å². The highest BCUT2D eigenvalue weighted by molar-refractivity contribution is 6.06. The van der Waals surface area contributed by atoms with Gasteiger partial charge in [0.2, 0.25) is 5.91 Å². The molecular formula is C34H35N7O5. The van der Waals surface area contributed by atoms with Crippen molar-refractivity contribution in [2.75, 3.05) is 26.1 Å². The van der Waals surface area contributed by atoms with E-state index < -0.39 is 11.9 Å². The number of aromatic nitrogens is 2. The monoisotopic (exact) mass is 621 g/mol. The lowest BCUT2D eigenvalue weighted by Gasteiger charge is -2.19. The molecule has 1 aromatic heterocycles. The van der Waals surface area contributed by atoms with Gasteiger partial charge in [-0.2, -0.15) is 0 Å². The number of fused-ring (bicyclic) bond motifs is 1. The molecule has 0 bridgehead atoms. The van der Waals surface area contributed by atoms with Crippen LogP contribution < -0.4 is 36.7 Å². The first kappa shape index (κ1) is 31.4. The molecule has 2 amide bonds. The van der Waals surface area contributed by atoms with Crippen molar-refractivity contribution in [1.29, 1.82) is 0 Å². The Morgan fingerprint density at radius 3 is 2.00 bits per heavy atom. The zero-order valence-corrected chi connectivity index (χ0v) is 25.5. The van der Waals surface area contributed by atoms with Crippen molar-refractivity contribution >= 4 is 34.5 Å². The molecule has 0 radical (unpaired) electrons. The average molecular weight is 622 g/mol. The maximum absolute atomic E-state index is 13.2. The molecule has 0 spiro atoms. The molecular weight excluding hydrogens is 586 g/mol. The molecule has 12 heteroatoms. The van der Waals surface area contributed by atoms with Gasteiger partial charge in [-0.3, -0.25) is 14.6 Å². The molecule has 0 saturated heterocycles. The number of amides is 2. The highest BCUT2D eigenvalue weighted by atomic mass is 16.5. The lowest BCUT2D eigenvalue weighted by Crippen LogP contribution is -2.27. The molecule has 1 atom stereocenters. The molecule has 7 N–H and O–H groups in total.